The number of amides is 2. The second kappa shape index (κ2) is 10.3. The second-order valence-electron chi connectivity index (χ2n) is 9.20. The van der Waals surface area contributed by atoms with Crippen LogP contribution < -0.4 is 4.74 Å². The molecule has 1 saturated heterocycles. The first-order valence-corrected chi connectivity index (χ1v) is 12.1. The van der Waals surface area contributed by atoms with E-state index in [1.54, 1.807) is 13.1 Å². The summed E-state index contributed by atoms with van der Waals surface area (Å²) >= 11 is 0. The molecule has 1 fully saturated rings. The van der Waals surface area contributed by atoms with E-state index in [1.165, 1.54) is 5.56 Å². The first-order valence-electron chi connectivity index (χ1n) is 12.1. The molecule has 2 aromatic carbocycles. The maximum atomic E-state index is 13.4. The van der Waals surface area contributed by atoms with Crippen molar-refractivity contribution in [2.75, 3.05) is 39.3 Å². The molecule has 5 rings (SSSR count). The van der Waals surface area contributed by atoms with Crippen LogP contribution in [0.2, 0.25) is 0 Å². The number of hydrogen-bond acceptors (Lipinski definition) is 5. The van der Waals surface area contributed by atoms with E-state index in [0.29, 0.717) is 31.8 Å². The minimum atomic E-state index is 0.00882. The van der Waals surface area contributed by atoms with Crippen LogP contribution in [0.1, 0.15) is 34.0 Å². The highest BCUT2D eigenvalue weighted by molar-refractivity contribution is 5.94. The molecule has 0 aliphatic carbocycles. The van der Waals surface area contributed by atoms with Gasteiger partial charge in [-0.25, -0.2) is 0 Å². The van der Waals surface area contributed by atoms with Gasteiger partial charge in [0.25, 0.3) is 5.91 Å². The van der Waals surface area contributed by atoms with Crippen LogP contribution in [-0.4, -0.2) is 75.6 Å². The van der Waals surface area contributed by atoms with Gasteiger partial charge in [0.2, 0.25) is 5.91 Å². The molecule has 0 saturated carbocycles. The summed E-state index contributed by atoms with van der Waals surface area (Å²) < 4.78 is 7.83. The SMILES string of the molecule is CC(=O)N1CCN(Cc2ccc3c(c2)CN(C(=O)c2cccc(Cn4cccn4)c2)CCO3)CC1. The number of benzene rings is 2. The van der Waals surface area contributed by atoms with Gasteiger partial charge < -0.3 is 14.5 Å². The number of nitrogens with zero attached hydrogens (tertiary/aromatic N) is 5. The van der Waals surface area contributed by atoms with Crippen molar-refractivity contribution in [1.82, 2.24) is 24.5 Å². The molecule has 2 aliphatic heterocycles. The molecule has 3 heterocycles. The van der Waals surface area contributed by atoms with Crippen LogP contribution in [0, 0.1) is 0 Å². The summed E-state index contributed by atoms with van der Waals surface area (Å²) in [6.07, 6.45) is 3.67. The number of aromatic nitrogens is 2. The Hall–Kier alpha value is -3.65. The van der Waals surface area contributed by atoms with Gasteiger partial charge in [0.05, 0.1) is 13.1 Å². The normalized spacial score (nSPS) is 16.4. The van der Waals surface area contributed by atoms with Gasteiger partial charge in [0, 0.05) is 69.7 Å². The Morgan fingerprint density at radius 3 is 2.51 bits per heavy atom. The molecule has 0 atom stereocenters. The van der Waals surface area contributed by atoms with Crippen molar-refractivity contribution in [1.29, 1.82) is 0 Å². The van der Waals surface area contributed by atoms with Crippen molar-refractivity contribution in [3.05, 3.63) is 83.2 Å². The van der Waals surface area contributed by atoms with Crippen LogP contribution in [0.5, 0.6) is 5.75 Å². The molecule has 8 nitrogen and oxygen atoms in total. The van der Waals surface area contributed by atoms with E-state index in [-0.39, 0.29) is 11.8 Å². The van der Waals surface area contributed by atoms with Crippen molar-refractivity contribution in [3.63, 3.8) is 0 Å². The average molecular weight is 474 g/mol. The lowest BCUT2D eigenvalue weighted by Gasteiger charge is -2.34. The van der Waals surface area contributed by atoms with Crippen LogP contribution in [0.25, 0.3) is 0 Å². The van der Waals surface area contributed by atoms with Crippen molar-refractivity contribution < 1.29 is 14.3 Å². The largest absolute Gasteiger partial charge is 0.491 e. The van der Waals surface area contributed by atoms with Gasteiger partial charge in [-0.05, 0) is 41.5 Å². The van der Waals surface area contributed by atoms with E-state index >= 15 is 0 Å². The second-order valence-corrected chi connectivity index (χ2v) is 9.20. The van der Waals surface area contributed by atoms with Crippen molar-refractivity contribution in [2.45, 2.75) is 26.6 Å². The molecule has 182 valence electrons. The maximum absolute atomic E-state index is 13.4. The number of fused-ring (bicyclic) bond motifs is 1. The van der Waals surface area contributed by atoms with E-state index in [9.17, 15) is 9.59 Å². The highest BCUT2D eigenvalue weighted by Crippen LogP contribution is 2.26. The van der Waals surface area contributed by atoms with Gasteiger partial charge in [-0.3, -0.25) is 19.2 Å². The fourth-order valence-electron chi connectivity index (χ4n) is 4.76. The molecular weight excluding hydrogens is 442 g/mol. The molecule has 35 heavy (non-hydrogen) atoms. The molecule has 1 aromatic heterocycles. The predicted molar refractivity (Wildman–Crippen MR) is 132 cm³/mol. The average Bonchev–Trinajstić information content (AvgIpc) is 3.28. The molecule has 2 aliphatic rings. The minimum absolute atomic E-state index is 0.00882. The van der Waals surface area contributed by atoms with E-state index in [2.05, 4.69) is 22.1 Å². The molecule has 3 aromatic rings. The lowest BCUT2D eigenvalue weighted by Crippen LogP contribution is -2.47. The van der Waals surface area contributed by atoms with Crippen LogP contribution in [0.15, 0.2) is 60.9 Å². The maximum Gasteiger partial charge on any atom is 0.254 e. The third-order valence-electron chi connectivity index (χ3n) is 6.69. The standard InChI is InChI=1S/C27H31N5O3/c1-21(33)30-12-10-29(11-13-30)18-23-6-7-26-25(17-23)20-31(14-15-35-26)27(34)24-5-2-4-22(16-24)19-32-9-3-8-28-32/h2-9,16-17H,10-15,18-20H2,1H3. The summed E-state index contributed by atoms with van der Waals surface area (Å²) in [5, 5.41) is 4.26. The van der Waals surface area contributed by atoms with E-state index in [4.69, 9.17) is 4.74 Å². The third-order valence-corrected chi connectivity index (χ3v) is 6.69. The van der Waals surface area contributed by atoms with E-state index in [1.807, 2.05) is 57.1 Å². The minimum Gasteiger partial charge on any atom is -0.491 e. The van der Waals surface area contributed by atoms with Gasteiger partial charge in [-0.15, -0.1) is 0 Å². The molecule has 0 radical (unpaired) electrons. The Balaban J connectivity index is 1.27. The predicted octanol–water partition coefficient (Wildman–Crippen LogP) is 2.63. The Morgan fingerprint density at radius 1 is 0.914 bits per heavy atom. The zero-order valence-corrected chi connectivity index (χ0v) is 20.1. The molecular formula is C27H31N5O3. The number of piperazine rings is 1. The highest BCUT2D eigenvalue weighted by Gasteiger charge is 2.23. The Labute approximate surface area is 205 Å². The summed E-state index contributed by atoms with van der Waals surface area (Å²) in [5.74, 6) is 0.996. The van der Waals surface area contributed by atoms with Crippen LogP contribution in [0.3, 0.4) is 0 Å². The Morgan fingerprint density at radius 2 is 1.74 bits per heavy atom. The molecule has 0 spiro atoms. The number of carbonyl (C=O) groups is 2. The first kappa shape index (κ1) is 23.1. The lowest BCUT2D eigenvalue weighted by atomic mass is 10.1. The van der Waals surface area contributed by atoms with Gasteiger partial charge in [0.15, 0.2) is 0 Å². The number of ether oxygens (including phenoxy) is 1. The summed E-state index contributed by atoms with van der Waals surface area (Å²) in [6.45, 7) is 7.88. The Bertz CT molecular complexity index is 1190. The zero-order chi connectivity index (χ0) is 24.2. The summed E-state index contributed by atoms with van der Waals surface area (Å²) in [6, 6.07) is 15.9. The fraction of sp³-hybridized carbons (Fsp3) is 0.370. The summed E-state index contributed by atoms with van der Waals surface area (Å²) in [5.41, 5.74) is 3.94. The van der Waals surface area contributed by atoms with Gasteiger partial charge in [-0.1, -0.05) is 18.2 Å². The molecule has 2 amide bonds. The van der Waals surface area contributed by atoms with Crippen LogP contribution in [-0.2, 0) is 24.4 Å². The quantitative estimate of drug-likeness (QED) is 0.570. The van der Waals surface area contributed by atoms with E-state index in [0.717, 1.165) is 49.6 Å². The number of hydrogen-bond donors (Lipinski definition) is 0. The van der Waals surface area contributed by atoms with Gasteiger partial charge in [-0.2, -0.15) is 5.10 Å². The third kappa shape index (κ3) is 5.54. The van der Waals surface area contributed by atoms with Crippen LogP contribution >= 0.6 is 0 Å². The Kier molecular flexibility index (Phi) is 6.81. The summed E-state index contributed by atoms with van der Waals surface area (Å²) in [4.78, 5) is 31.1. The van der Waals surface area contributed by atoms with Crippen molar-refractivity contribution in [2.24, 2.45) is 0 Å². The number of carbonyl (C=O) groups excluding carboxylic acids is 2. The molecule has 8 heteroatoms. The van der Waals surface area contributed by atoms with Gasteiger partial charge >= 0.3 is 0 Å². The highest BCUT2D eigenvalue weighted by atomic mass is 16.5. The number of rotatable bonds is 5. The molecule has 0 unspecified atom stereocenters. The van der Waals surface area contributed by atoms with E-state index < -0.39 is 0 Å². The van der Waals surface area contributed by atoms with Crippen LogP contribution in [0.4, 0.5) is 0 Å². The smallest absolute Gasteiger partial charge is 0.254 e. The molecule has 0 N–H and O–H groups in total. The summed E-state index contributed by atoms with van der Waals surface area (Å²) in [7, 11) is 0. The topological polar surface area (TPSA) is 70.9 Å². The van der Waals surface area contributed by atoms with Gasteiger partial charge in [0.1, 0.15) is 12.4 Å². The first-order chi connectivity index (χ1) is 17.0. The fourth-order valence-corrected chi connectivity index (χ4v) is 4.76. The van der Waals surface area contributed by atoms with Crippen molar-refractivity contribution in [3.8, 4) is 5.75 Å². The molecule has 0 bridgehead atoms. The monoisotopic (exact) mass is 473 g/mol. The zero-order valence-electron chi connectivity index (χ0n) is 20.1. The lowest BCUT2D eigenvalue weighted by molar-refractivity contribution is -0.130. The van der Waals surface area contributed by atoms with Crippen molar-refractivity contribution >= 4 is 11.8 Å².